The van der Waals surface area contributed by atoms with Gasteiger partial charge in [-0.1, -0.05) is 64.5 Å². The fourth-order valence-corrected chi connectivity index (χ4v) is 5.40. The van der Waals surface area contributed by atoms with Gasteiger partial charge < -0.3 is 15.0 Å². The average molecular weight is 513 g/mol. The Labute approximate surface area is 219 Å². The highest BCUT2D eigenvalue weighted by molar-refractivity contribution is 8.01. The zero-order chi connectivity index (χ0) is 25.8. The van der Waals surface area contributed by atoms with Crippen LogP contribution in [0.5, 0.6) is 5.75 Å². The van der Waals surface area contributed by atoms with Crippen molar-refractivity contribution in [3.63, 3.8) is 0 Å². The first-order valence-corrected chi connectivity index (χ1v) is 15.1. The molecule has 4 aromatic carbocycles. The van der Waals surface area contributed by atoms with Gasteiger partial charge in [0.2, 0.25) is 0 Å². The summed E-state index contributed by atoms with van der Waals surface area (Å²) in [5, 5.41) is 2.99. The van der Waals surface area contributed by atoms with Crippen LogP contribution in [0.25, 0.3) is 11.1 Å². The second-order valence-electron chi connectivity index (χ2n) is 9.65. The molecule has 0 unspecified atom stereocenters. The van der Waals surface area contributed by atoms with Crippen LogP contribution in [0.2, 0.25) is 0 Å². The van der Waals surface area contributed by atoms with Crippen molar-refractivity contribution < 1.29 is 13.7 Å². The summed E-state index contributed by atoms with van der Waals surface area (Å²) in [6.45, 7) is 1.82. The SMILES string of the molecule is C[SH](C)(=O)c1ccc(CNC(=O)c2ccc3c(c2)OCCCN3c2cccc(-c3ccccc3)c2)cc1. The Morgan fingerprint density at radius 1 is 0.892 bits per heavy atom. The van der Waals surface area contributed by atoms with E-state index >= 15 is 0 Å². The van der Waals surface area contributed by atoms with Gasteiger partial charge in [-0.05, 0) is 78.1 Å². The third-order valence-corrected chi connectivity index (χ3v) is 8.11. The van der Waals surface area contributed by atoms with Gasteiger partial charge in [0.05, 0.1) is 12.3 Å². The number of carbonyl (C=O) groups is 1. The molecular formula is C31H32N2O3S. The summed E-state index contributed by atoms with van der Waals surface area (Å²) in [4.78, 5) is 16.0. The van der Waals surface area contributed by atoms with Crippen molar-refractivity contribution in [2.75, 3.05) is 30.6 Å². The van der Waals surface area contributed by atoms with Crippen LogP contribution in [0, 0.1) is 0 Å². The number of anilines is 2. The molecule has 1 amide bonds. The number of nitrogens with one attached hydrogen (secondary N) is 1. The number of benzene rings is 4. The maximum atomic E-state index is 12.9. The number of ether oxygens (including phenoxy) is 1. The van der Waals surface area contributed by atoms with Gasteiger partial charge in [0.25, 0.3) is 5.91 Å². The smallest absolute Gasteiger partial charge is 0.251 e. The van der Waals surface area contributed by atoms with E-state index < -0.39 is 9.93 Å². The van der Waals surface area contributed by atoms with Crippen molar-refractivity contribution in [2.45, 2.75) is 17.9 Å². The van der Waals surface area contributed by atoms with Crippen molar-refractivity contribution in [1.29, 1.82) is 0 Å². The molecule has 0 saturated carbocycles. The molecule has 0 radical (unpaired) electrons. The largest absolute Gasteiger partial charge is 0.491 e. The van der Waals surface area contributed by atoms with Crippen LogP contribution >= 0.6 is 0 Å². The van der Waals surface area contributed by atoms with Crippen LogP contribution in [0.4, 0.5) is 11.4 Å². The van der Waals surface area contributed by atoms with E-state index in [-0.39, 0.29) is 5.91 Å². The van der Waals surface area contributed by atoms with E-state index in [0.717, 1.165) is 40.4 Å². The summed E-state index contributed by atoms with van der Waals surface area (Å²) >= 11 is 0. The number of thiol groups is 1. The molecule has 0 atom stereocenters. The van der Waals surface area contributed by atoms with Crippen molar-refractivity contribution >= 4 is 27.2 Å². The number of carbonyl (C=O) groups excluding carboxylic acids is 1. The van der Waals surface area contributed by atoms with Gasteiger partial charge in [-0.3, -0.25) is 9.00 Å². The predicted molar refractivity (Wildman–Crippen MR) is 153 cm³/mol. The lowest BCUT2D eigenvalue weighted by Gasteiger charge is -2.25. The molecule has 37 heavy (non-hydrogen) atoms. The van der Waals surface area contributed by atoms with Gasteiger partial charge >= 0.3 is 0 Å². The third-order valence-electron chi connectivity index (χ3n) is 6.57. The first-order chi connectivity index (χ1) is 17.9. The summed E-state index contributed by atoms with van der Waals surface area (Å²) in [5.41, 5.74) is 5.91. The highest BCUT2D eigenvalue weighted by atomic mass is 32.2. The number of amides is 1. The van der Waals surface area contributed by atoms with E-state index in [0.29, 0.717) is 24.5 Å². The molecule has 0 fully saturated rings. The number of hydrogen-bond donors (Lipinski definition) is 2. The van der Waals surface area contributed by atoms with E-state index in [9.17, 15) is 9.00 Å². The molecule has 190 valence electrons. The molecule has 0 saturated heterocycles. The van der Waals surface area contributed by atoms with E-state index in [2.05, 4.69) is 46.6 Å². The van der Waals surface area contributed by atoms with Gasteiger partial charge in [0.1, 0.15) is 5.75 Å². The zero-order valence-corrected chi connectivity index (χ0v) is 22.1. The average Bonchev–Trinajstić information content (AvgIpc) is 3.14. The Bertz CT molecular complexity index is 1450. The molecule has 1 heterocycles. The zero-order valence-electron chi connectivity index (χ0n) is 21.2. The normalized spacial score (nSPS) is 13.7. The highest BCUT2D eigenvalue weighted by Crippen LogP contribution is 2.38. The molecule has 0 spiro atoms. The van der Waals surface area contributed by atoms with Crippen molar-refractivity contribution in [2.24, 2.45) is 0 Å². The van der Waals surface area contributed by atoms with Crippen LogP contribution in [0.1, 0.15) is 22.3 Å². The molecule has 0 bridgehead atoms. The summed E-state index contributed by atoms with van der Waals surface area (Å²) < 4.78 is 18.3. The molecule has 0 aliphatic carbocycles. The van der Waals surface area contributed by atoms with Gasteiger partial charge in [-0.2, -0.15) is 0 Å². The first-order valence-electron chi connectivity index (χ1n) is 12.5. The minimum atomic E-state index is -2.29. The molecule has 6 heteroatoms. The predicted octanol–water partition coefficient (Wildman–Crippen LogP) is 5.84. The van der Waals surface area contributed by atoms with Crippen LogP contribution in [0.3, 0.4) is 0 Å². The Balaban J connectivity index is 1.34. The first kappa shape index (κ1) is 24.8. The Kier molecular flexibility index (Phi) is 7.10. The second-order valence-corrected chi connectivity index (χ2v) is 12.9. The maximum absolute atomic E-state index is 12.9. The van der Waals surface area contributed by atoms with Gasteiger partial charge in [-0.25, -0.2) is 0 Å². The lowest BCUT2D eigenvalue weighted by atomic mass is 10.0. The lowest BCUT2D eigenvalue weighted by Crippen LogP contribution is -2.23. The quantitative estimate of drug-likeness (QED) is 0.319. The summed E-state index contributed by atoms with van der Waals surface area (Å²) in [7, 11) is -2.29. The Hall–Kier alpha value is -3.90. The third kappa shape index (κ3) is 5.75. The molecule has 0 aromatic heterocycles. The molecule has 1 aliphatic heterocycles. The summed E-state index contributed by atoms with van der Waals surface area (Å²) in [6.07, 6.45) is 4.39. The lowest BCUT2D eigenvalue weighted by molar-refractivity contribution is 0.0950. The van der Waals surface area contributed by atoms with Crippen LogP contribution in [0.15, 0.2) is 102 Å². The maximum Gasteiger partial charge on any atom is 0.251 e. The molecule has 5 nitrogen and oxygen atoms in total. The van der Waals surface area contributed by atoms with Crippen LogP contribution in [-0.2, 0) is 16.5 Å². The number of fused-ring (bicyclic) bond motifs is 1. The molecule has 1 aliphatic rings. The number of nitrogens with zero attached hydrogens (tertiary/aromatic N) is 1. The van der Waals surface area contributed by atoms with Crippen molar-refractivity contribution in [1.82, 2.24) is 5.32 Å². The van der Waals surface area contributed by atoms with E-state index in [1.807, 2.05) is 60.7 Å². The molecular weight excluding hydrogens is 480 g/mol. The van der Waals surface area contributed by atoms with Crippen molar-refractivity contribution in [3.8, 4) is 16.9 Å². The fraction of sp³-hybridized carbons (Fsp3) is 0.194. The number of hydrogen-bond acceptors (Lipinski definition) is 4. The van der Waals surface area contributed by atoms with Crippen LogP contribution < -0.4 is 15.0 Å². The minimum absolute atomic E-state index is 0.158. The summed E-state index contributed by atoms with van der Waals surface area (Å²) in [5.74, 6) is 0.551. The van der Waals surface area contributed by atoms with E-state index in [4.69, 9.17) is 4.74 Å². The minimum Gasteiger partial charge on any atom is -0.491 e. The molecule has 5 rings (SSSR count). The standard InChI is InChI=1S/C31H32N2O3S/c1-37(2,35)28-15-12-23(13-16-28)22-32-31(34)26-14-17-29-30(21-26)36-19-7-18-33(29)27-11-6-10-25(20-27)24-8-4-3-5-9-24/h3-6,8-17,20-21,37H,7,18-19,22H2,1-2H3,(H,32,34). The van der Waals surface area contributed by atoms with E-state index in [1.165, 1.54) is 5.56 Å². The molecule has 1 N–H and O–H groups in total. The van der Waals surface area contributed by atoms with Gasteiger partial charge in [-0.15, -0.1) is 0 Å². The van der Waals surface area contributed by atoms with Gasteiger partial charge in [0, 0.05) is 29.2 Å². The van der Waals surface area contributed by atoms with E-state index in [1.54, 1.807) is 12.5 Å². The highest BCUT2D eigenvalue weighted by Gasteiger charge is 2.20. The topological polar surface area (TPSA) is 58.6 Å². The summed E-state index contributed by atoms with van der Waals surface area (Å²) in [6, 6.07) is 32.1. The molecule has 4 aromatic rings. The monoisotopic (exact) mass is 512 g/mol. The van der Waals surface area contributed by atoms with Crippen molar-refractivity contribution in [3.05, 3.63) is 108 Å². The Morgan fingerprint density at radius 2 is 1.65 bits per heavy atom. The van der Waals surface area contributed by atoms with Crippen LogP contribution in [-0.4, -0.2) is 35.8 Å². The second kappa shape index (κ2) is 10.6. The number of rotatable bonds is 6. The fourth-order valence-electron chi connectivity index (χ4n) is 4.53. The van der Waals surface area contributed by atoms with Gasteiger partial charge in [0.15, 0.2) is 0 Å². The Morgan fingerprint density at radius 3 is 2.41 bits per heavy atom.